The van der Waals surface area contributed by atoms with Gasteiger partial charge < -0.3 is 9.64 Å². The molecule has 1 saturated carbocycles. The molecule has 2 bridgehead atoms. The van der Waals surface area contributed by atoms with Crippen LogP contribution in [0.25, 0.3) is 0 Å². The third kappa shape index (κ3) is 3.61. The molecule has 0 unspecified atom stereocenters. The van der Waals surface area contributed by atoms with Gasteiger partial charge in [0.1, 0.15) is 5.75 Å². The predicted molar refractivity (Wildman–Crippen MR) is 93.2 cm³/mol. The smallest absolute Gasteiger partial charge is 0.260 e. The molecule has 5 heteroatoms. The summed E-state index contributed by atoms with van der Waals surface area (Å²) in [7, 11) is 0. The first-order valence-electron chi connectivity index (χ1n) is 8.05. The van der Waals surface area contributed by atoms with Gasteiger partial charge in [0.25, 0.3) is 5.91 Å². The molecule has 1 amide bonds. The van der Waals surface area contributed by atoms with Crippen LogP contribution in [0.3, 0.4) is 0 Å². The Bertz CT molecular complexity index is 631. The van der Waals surface area contributed by atoms with Crippen molar-refractivity contribution in [3.05, 3.63) is 28.2 Å². The van der Waals surface area contributed by atoms with Crippen molar-refractivity contribution < 1.29 is 9.53 Å². The lowest BCUT2D eigenvalue weighted by Gasteiger charge is -2.39. The third-order valence-electron chi connectivity index (χ3n) is 4.98. The van der Waals surface area contributed by atoms with Crippen molar-refractivity contribution in [1.29, 1.82) is 0 Å². The van der Waals surface area contributed by atoms with E-state index in [1.165, 1.54) is 6.42 Å². The first-order chi connectivity index (χ1) is 10.7. The first kappa shape index (κ1) is 16.9. The number of amides is 1. The van der Waals surface area contributed by atoms with E-state index >= 15 is 0 Å². The van der Waals surface area contributed by atoms with Crippen LogP contribution in [0, 0.1) is 10.8 Å². The molecule has 3 rings (SSSR count). The molecule has 1 aliphatic carbocycles. The number of carbonyl (C=O) groups is 1. The third-order valence-corrected chi connectivity index (χ3v) is 5.53. The monoisotopic (exact) mass is 355 g/mol. The number of nitrogens with zero attached hydrogens (tertiary/aromatic N) is 1. The number of likely N-dealkylation sites (tertiary alicyclic amines) is 1. The zero-order valence-electron chi connectivity index (χ0n) is 13.9. The number of ether oxygens (including phenoxy) is 1. The van der Waals surface area contributed by atoms with Crippen LogP contribution >= 0.6 is 23.2 Å². The van der Waals surface area contributed by atoms with Crippen molar-refractivity contribution >= 4 is 29.1 Å². The molecular weight excluding hydrogens is 333 g/mol. The maximum atomic E-state index is 12.6. The molecule has 0 aromatic heterocycles. The SMILES string of the molecule is CC1(C)C[C@H]2C[C@](C)(CN2C(=O)COc2cc(Cl)ccc2Cl)C1. The minimum atomic E-state index is 0.00701. The van der Waals surface area contributed by atoms with E-state index in [1.807, 2.05) is 4.90 Å². The maximum absolute atomic E-state index is 12.6. The zero-order chi connectivity index (χ0) is 16.8. The Kier molecular flexibility index (Phi) is 4.31. The summed E-state index contributed by atoms with van der Waals surface area (Å²) in [5.41, 5.74) is 0.527. The number of fused-ring (bicyclic) bond motifs is 2. The highest BCUT2D eigenvalue weighted by Crippen LogP contribution is 2.52. The molecule has 1 saturated heterocycles. The Morgan fingerprint density at radius 3 is 2.78 bits per heavy atom. The van der Waals surface area contributed by atoms with Gasteiger partial charge in [0.15, 0.2) is 6.61 Å². The number of hydrogen-bond donors (Lipinski definition) is 0. The normalized spacial score (nSPS) is 28.7. The standard InChI is InChI=1S/C18H23Cl2NO2/c1-17(2)7-13-8-18(3,10-17)11-21(13)16(22)9-23-15-6-12(19)4-5-14(15)20/h4-6,13H,7-11H2,1-3H3/t13-,18-/m0/s1. The molecule has 0 spiro atoms. The Morgan fingerprint density at radius 1 is 1.30 bits per heavy atom. The highest BCUT2D eigenvalue weighted by Gasteiger charge is 2.50. The van der Waals surface area contributed by atoms with Crippen LogP contribution in [0.2, 0.25) is 10.0 Å². The lowest BCUT2D eigenvalue weighted by atomic mass is 9.65. The summed E-state index contributed by atoms with van der Waals surface area (Å²) in [6.07, 6.45) is 3.33. The summed E-state index contributed by atoms with van der Waals surface area (Å²) in [5.74, 6) is 0.494. The predicted octanol–water partition coefficient (Wildman–Crippen LogP) is 4.80. The molecule has 0 radical (unpaired) electrons. The fourth-order valence-corrected chi connectivity index (χ4v) is 4.90. The van der Waals surface area contributed by atoms with Gasteiger partial charge >= 0.3 is 0 Å². The molecule has 126 valence electrons. The number of rotatable bonds is 3. The van der Waals surface area contributed by atoms with E-state index in [2.05, 4.69) is 20.8 Å². The molecule has 1 aliphatic heterocycles. The van der Waals surface area contributed by atoms with Crippen LogP contribution in [0.1, 0.15) is 40.0 Å². The van der Waals surface area contributed by atoms with Gasteiger partial charge in [-0.3, -0.25) is 4.79 Å². The summed E-state index contributed by atoms with van der Waals surface area (Å²) >= 11 is 12.0. The molecule has 1 aromatic carbocycles. The van der Waals surface area contributed by atoms with Crippen LogP contribution in [-0.2, 0) is 4.79 Å². The zero-order valence-corrected chi connectivity index (χ0v) is 15.4. The number of halogens is 2. The van der Waals surface area contributed by atoms with Crippen molar-refractivity contribution in [2.75, 3.05) is 13.2 Å². The lowest BCUT2D eigenvalue weighted by Crippen LogP contribution is -2.40. The Hall–Kier alpha value is -0.930. The van der Waals surface area contributed by atoms with Gasteiger partial charge in [0.2, 0.25) is 0 Å². The summed E-state index contributed by atoms with van der Waals surface area (Å²) in [6, 6.07) is 5.35. The average molecular weight is 356 g/mol. The summed E-state index contributed by atoms with van der Waals surface area (Å²) < 4.78 is 5.62. The summed E-state index contributed by atoms with van der Waals surface area (Å²) in [5, 5.41) is 1.01. The largest absolute Gasteiger partial charge is 0.482 e. The Labute approximate surface area is 147 Å². The number of benzene rings is 1. The number of hydrogen-bond acceptors (Lipinski definition) is 2. The fourth-order valence-electron chi connectivity index (χ4n) is 4.56. The van der Waals surface area contributed by atoms with Crippen LogP contribution in [0.15, 0.2) is 18.2 Å². The van der Waals surface area contributed by atoms with Gasteiger partial charge in [-0.2, -0.15) is 0 Å². The van der Waals surface area contributed by atoms with Gasteiger partial charge in [-0.15, -0.1) is 0 Å². The minimum absolute atomic E-state index is 0.00701. The van der Waals surface area contributed by atoms with Crippen molar-refractivity contribution in [3.63, 3.8) is 0 Å². The van der Waals surface area contributed by atoms with E-state index < -0.39 is 0 Å². The summed E-state index contributed by atoms with van der Waals surface area (Å²) in [4.78, 5) is 14.6. The van der Waals surface area contributed by atoms with E-state index in [0.29, 0.717) is 27.3 Å². The molecule has 0 N–H and O–H groups in total. The minimum Gasteiger partial charge on any atom is -0.482 e. The molecule has 2 fully saturated rings. The second-order valence-corrected chi connectivity index (χ2v) is 8.94. The van der Waals surface area contributed by atoms with E-state index in [9.17, 15) is 4.79 Å². The van der Waals surface area contributed by atoms with E-state index in [4.69, 9.17) is 27.9 Å². The highest BCUT2D eigenvalue weighted by molar-refractivity contribution is 6.34. The van der Waals surface area contributed by atoms with E-state index in [-0.39, 0.29) is 17.9 Å². The molecule has 1 heterocycles. The van der Waals surface area contributed by atoms with Crippen molar-refractivity contribution in [2.24, 2.45) is 10.8 Å². The van der Waals surface area contributed by atoms with Crippen LogP contribution in [-0.4, -0.2) is 30.0 Å². The van der Waals surface area contributed by atoms with Crippen LogP contribution < -0.4 is 4.74 Å². The number of carbonyl (C=O) groups excluding carboxylic acids is 1. The quantitative estimate of drug-likeness (QED) is 0.779. The van der Waals surface area contributed by atoms with Crippen LogP contribution in [0.4, 0.5) is 0 Å². The van der Waals surface area contributed by atoms with Gasteiger partial charge in [-0.25, -0.2) is 0 Å². The molecule has 2 atom stereocenters. The van der Waals surface area contributed by atoms with Crippen molar-refractivity contribution in [1.82, 2.24) is 4.90 Å². The Balaban J connectivity index is 1.66. The summed E-state index contributed by atoms with van der Waals surface area (Å²) in [6.45, 7) is 7.73. The van der Waals surface area contributed by atoms with E-state index in [0.717, 1.165) is 19.4 Å². The fraction of sp³-hybridized carbons (Fsp3) is 0.611. The van der Waals surface area contributed by atoms with Crippen LogP contribution in [0.5, 0.6) is 5.75 Å². The van der Waals surface area contributed by atoms with Gasteiger partial charge in [-0.05, 0) is 42.2 Å². The van der Waals surface area contributed by atoms with Gasteiger partial charge in [0, 0.05) is 23.7 Å². The van der Waals surface area contributed by atoms with Gasteiger partial charge in [0.05, 0.1) is 5.02 Å². The van der Waals surface area contributed by atoms with Gasteiger partial charge in [-0.1, -0.05) is 44.0 Å². The molecule has 2 aliphatic rings. The molecule has 23 heavy (non-hydrogen) atoms. The van der Waals surface area contributed by atoms with Crippen molar-refractivity contribution in [2.45, 2.75) is 46.1 Å². The van der Waals surface area contributed by atoms with Crippen molar-refractivity contribution in [3.8, 4) is 5.75 Å². The molecule has 1 aromatic rings. The first-order valence-corrected chi connectivity index (χ1v) is 8.80. The maximum Gasteiger partial charge on any atom is 0.260 e. The molecular formula is C18H23Cl2NO2. The molecule has 3 nitrogen and oxygen atoms in total. The second kappa shape index (κ2) is 5.86. The average Bonchev–Trinajstić information content (AvgIpc) is 2.68. The topological polar surface area (TPSA) is 29.5 Å². The lowest BCUT2D eigenvalue weighted by molar-refractivity contribution is -0.134. The Morgan fingerprint density at radius 2 is 2.04 bits per heavy atom. The van der Waals surface area contributed by atoms with E-state index in [1.54, 1.807) is 18.2 Å². The highest BCUT2D eigenvalue weighted by atomic mass is 35.5. The second-order valence-electron chi connectivity index (χ2n) is 8.10.